The largest absolute Gasteiger partial charge is 0.480 e. The Labute approximate surface area is 114 Å². The van der Waals surface area contributed by atoms with Crippen molar-refractivity contribution in [2.45, 2.75) is 26.3 Å². The van der Waals surface area contributed by atoms with Gasteiger partial charge in [-0.05, 0) is 40.9 Å². The quantitative estimate of drug-likeness (QED) is 0.799. The van der Waals surface area contributed by atoms with E-state index < -0.39 is 18.0 Å². The van der Waals surface area contributed by atoms with Gasteiger partial charge in [0.2, 0.25) is 0 Å². The molecule has 2 amide bonds. The Kier molecular flexibility index (Phi) is 5.15. The van der Waals surface area contributed by atoms with Crippen LogP contribution in [0.5, 0.6) is 0 Å². The normalized spacial score (nSPS) is 11.7. The van der Waals surface area contributed by atoms with Gasteiger partial charge < -0.3 is 15.7 Å². The van der Waals surface area contributed by atoms with Crippen LogP contribution in [0.15, 0.2) is 22.7 Å². The summed E-state index contributed by atoms with van der Waals surface area (Å²) in [5.74, 6) is -1.05. The fourth-order valence-electron chi connectivity index (χ4n) is 1.40. The average molecular weight is 315 g/mol. The van der Waals surface area contributed by atoms with Crippen LogP contribution in [0, 0.1) is 6.92 Å². The standard InChI is InChI=1S/C12H15BrN2O3/c1-3-8(11(16)17)14-12(18)15-9-6-4-5-7(2)10(9)13/h4-6,8H,3H2,1-2H3,(H,16,17)(H2,14,15,18). The minimum absolute atomic E-state index is 0.331. The van der Waals surface area contributed by atoms with Gasteiger partial charge in [0, 0.05) is 4.47 Å². The number of nitrogens with one attached hydrogen (secondary N) is 2. The van der Waals surface area contributed by atoms with Crippen LogP contribution < -0.4 is 10.6 Å². The van der Waals surface area contributed by atoms with Gasteiger partial charge in [0.25, 0.3) is 0 Å². The third-order valence-electron chi connectivity index (χ3n) is 2.45. The van der Waals surface area contributed by atoms with Crippen molar-refractivity contribution in [1.29, 1.82) is 0 Å². The zero-order chi connectivity index (χ0) is 13.7. The molecule has 3 N–H and O–H groups in total. The number of carboxylic acids is 1. The van der Waals surface area contributed by atoms with Crippen LogP contribution in [0.3, 0.4) is 0 Å². The number of rotatable bonds is 4. The molecule has 98 valence electrons. The number of urea groups is 1. The summed E-state index contributed by atoms with van der Waals surface area (Å²) in [5, 5.41) is 13.8. The first-order valence-electron chi connectivity index (χ1n) is 5.51. The summed E-state index contributed by atoms with van der Waals surface area (Å²) in [4.78, 5) is 22.4. The molecule has 6 heteroatoms. The molecule has 1 aromatic carbocycles. The predicted molar refractivity (Wildman–Crippen MR) is 72.7 cm³/mol. The fraction of sp³-hybridized carbons (Fsp3) is 0.333. The highest BCUT2D eigenvalue weighted by Gasteiger charge is 2.17. The summed E-state index contributed by atoms with van der Waals surface area (Å²) in [6.45, 7) is 3.60. The van der Waals surface area contributed by atoms with Crippen molar-refractivity contribution < 1.29 is 14.7 Å². The number of hydrogen-bond acceptors (Lipinski definition) is 2. The zero-order valence-corrected chi connectivity index (χ0v) is 11.7. The second-order valence-corrected chi connectivity index (χ2v) is 4.63. The summed E-state index contributed by atoms with van der Waals surface area (Å²) in [5.41, 5.74) is 1.59. The van der Waals surface area contributed by atoms with Gasteiger partial charge in [0.1, 0.15) is 6.04 Å². The predicted octanol–water partition coefficient (Wildman–Crippen LogP) is 2.74. The summed E-state index contributed by atoms with van der Waals surface area (Å²) in [6.07, 6.45) is 0.331. The molecular weight excluding hydrogens is 300 g/mol. The van der Waals surface area contributed by atoms with Crippen LogP contribution >= 0.6 is 15.9 Å². The van der Waals surface area contributed by atoms with Crippen LogP contribution in [0.4, 0.5) is 10.5 Å². The first-order valence-corrected chi connectivity index (χ1v) is 6.30. The Morgan fingerprint density at radius 1 is 1.44 bits per heavy atom. The summed E-state index contributed by atoms with van der Waals surface area (Å²) < 4.78 is 0.781. The molecule has 0 aromatic heterocycles. The van der Waals surface area contributed by atoms with E-state index in [1.54, 1.807) is 13.0 Å². The Hall–Kier alpha value is -1.56. The highest BCUT2D eigenvalue weighted by molar-refractivity contribution is 9.10. The van der Waals surface area contributed by atoms with Crippen molar-refractivity contribution in [2.75, 3.05) is 5.32 Å². The van der Waals surface area contributed by atoms with Crippen molar-refractivity contribution in [2.24, 2.45) is 0 Å². The molecule has 0 saturated carbocycles. The minimum Gasteiger partial charge on any atom is -0.480 e. The SMILES string of the molecule is CCC(NC(=O)Nc1cccc(C)c1Br)C(=O)O. The summed E-state index contributed by atoms with van der Waals surface area (Å²) >= 11 is 3.36. The van der Waals surface area contributed by atoms with Crippen LogP contribution in [0.2, 0.25) is 0 Å². The van der Waals surface area contributed by atoms with Crippen molar-refractivity contribution in [3.63, 3.8) is 0 Å². The van der Waals surface area contributed by atoms with E-state index in [4.69, 9.17) is 5.11 Å². The van der Waals surface area contributed by atoms with Gasteiger partial charge in [0.05, 0.1) is 5.69 Å². The lowest BCUT2D eigenvalue weighted by Gasteiger charge is -2.14. The molecule has 5 nitrogen and oxygen atoms in total. The van der Waals surface area contributed by atoms with Gasteiger partial charge in [-0.2, -0.15) is 0 Å². The van der Waals surface area contributed by atoms with Crippen LogP contribution in [-0.2, 0) is 4.79 Å². The number of halogens is 1. The maximum absolute atomic E-state index is 11.6. The third-order valence-corrected chi connectivity index (χ3v) is 3.50. The number of carboxylic acid groups (broad SMARTS) is 1. The summed E-state index contributed by atoms with van der Waals surface area (Å²) in [6, 6.07) is 4.03. The molecule has 0 aliphatic rings. The lowest BCUT2D eigenvalue weighted by atomic mass is 10.2. The van der Waals surface area contributed by atoms with Crippen molar-refractivity contribution in [3.8, 4) is 0 Å². The number of benzene rings is 1. The molecule has 1 rings (SSSR count). The molecule has 0 spiro atoms. The molecule has 0 radical (unpaired) electrons. The molecule has 0 aliphatic heterocycles. The van der Waals surface area contributed by atoms with Gasteiger partial charge in [-0.25, -0.2) is 9.59 Å². The number of carbonyl (C=O) groups excluding carboxylic acids is 1. The topological polar surface area (TPSA) is 78.4 Å². The number of hydrogen-bond donors (Lipinski definition) is 3. The minimum atomic E-state index is -1.05. The number of aliphatic carboxylic acids is 1. The van der Waals surface area contributed by atoms with E-state index in [9.17, 15) is 9.59 Å². The molecule has 0 saturated heterocycles. The third kappa shape index (κ3) is 3.73. The highest BCUT2D eigenvalue weighted by Crippen LogP contribution is 2.25. The van der Waals surface area contributed by atoms with Crippen molar-refractivity contribution in [3.05, 3.63) is 28.2 Å². The molecule has 0 heterocycles. The first kappa shape index (κ1) is 14.5. The Morgan fingerprint density at radius 3 is 2.67 bits per heavy atom. The second-order valence-electron chi connectivity index (χ2n) is 3.83. The number of amides is 2. The monoisotopic (exact) mass is 314 g/mol. The molecule has 0 fully saturated rings. The molecular formula is C12H15BrN2O3. The first-order chi connectivity index (χ1) is 8.45. The highest BCUT2D eigenvalue weighted by atomic mass is 79.9. The lowest BCUT2D eigenvalue weighted by molar-refractivity contribution is -0.139. The van der Waals surface area contributed by atoms with Gasteiger partial charge in [0.15, 0.2) is 0 Å². The van der Waals surface area contributed by atoms with E-state index in [2.05, 4.69) is 26.6 Å². The van der Waals surface area contributed by atoms with E-state index in [-0.39, 0.29) is 0 Å². The van der Waals surface area contributed by atoms with E-state index in [1.807, 2.05) is 19.1 Å². The number of carbonyl (C=O) groups is 2. The van der Waals surface area contributed by atoms with Crippen LogP contribution in [0.1, 0.15) is 18.9 Å². The van der Waals surface area contributed by atoms with E-state index >= 15 is 0 Å². The summed E-state index contributed by atoms with van der Waals surface area (Å²) in [7, 11) is 0. The van der Waals surface area contributed by atoms with Gasteiger partial charge >= 0.3 is 12.0 Å². The van der Waals surface area contributed by atoms with E-state index in [0.29, 0.717) is 12.1 Å². The average Bonchev–Trinajstić information content (AvgIpc) is 2.31. The van der Waals surface area contributed by atoms with Gasteiger partial charge in [-0.15, -0.1) is 0 Å². The smallest absolute Gasteiger partial charge is 0.326 e. The maximum atomic E-state index is 11.6. The van der Waals surface area contributed by atoms with Crippen molar-refractivity contribution >= 4 is 33.6 Å². The maximum Gasteiger partial charge on any atom is 0.326 e. The Bertz CT molecular complexity index is 463. The Balaban J connectivity index is 2.70. The van der Waals surface area contributed by atoms with Crippen LogP contribution in [-0.4, -0.2) is 23.1 Å². The van der Waals surface area contributed by atoms with Gasteiger partial charge in [-0.1, -0.05) is 19.1 Å². The molecule has 0 aliphatic carbocycles. The second kappa shape index (κ2) is 6.39. The zero-order valence-electron chi connectivity index (χ0n) is 10.2. The van der Waals surface area contributed by atoms with Crippen LogP contribution in [0.25, 0.3) is 0 Å². The number of aryl methyl sites for hydroxylation is 1. The molecule has 1 aromatic rings. The molecule has 1 unspecified atom stereocenters. The lowest BCUT2D eigenvalue weighted by Crippen LogP contribution is -2.42. The molecule has 18 heavy (non-hydrogen) atoms. The fourth-order valence-corrected chi connectivity index (χ4v) is 1.76. The van der Waals surface area contributed by atoms with E-state index in [1.165, 1.54) is 0 Å². The van der Waals surface area contributed by atoms with Gasteiger partial charge in [-0.3, -0.25) is 0 Å². The van der Waals surface area contributed by atoms with E-state index in [0.717, 1.165) is 10.0 Å². The Morgan fingerprint density at radius 2 is 2.11 bits per heavy atom. The number of anilines is 1. The van der Waals surface area contributed by atoms with Crippen molar-refractivity contribution in [1.82, 2.24) is 5.32 Å². The molecule has 0 bridgehead atoms. The molecule has 1 atom stereocenters.